The number of benzene rings is 2. The minimum atomic E-state index is -0.227. The standard InChI is InChI=1S/C15H14ClNO2/c1-2-19-12-9-7-11(8-10-12)17-15(18)13-5-3-4-6-14(13)16/h3-10H,2H2,1H3,(H,17,18). The summed E-state index contributed by atoms with van der Waals surface area (Å²) in [4.78, 5) is 12.0. The zero-order chi connectivity index (χ0) is 13.7. The molecule has 0 saturated heterocycles. The number of hydrogen-bond acceptors (Lipinski definition) is 2. The maximum Gasteiger partial charge on any atom is 0.257 e. The van der Waals surface area contributed by atoms with Crippen LogP contribution in [-0.4, -0.2) is 12.5 Å². The van der Waals surface area contributed by atoms with Gasteiger partial charge in [0.15, 0.2) is 0 Å². The first kappa shape index (κ1) is 13.4. The molecule has 19 heavy (non-hydrogen) atoms. The van der Waals surface area contributed by atoms with Crippen molar-refractivity contribution in [2.75, 3.05) is 11.9 Å². The van der Waals surface area contributed by atoms with E-state index in [4.69, 9.17) is 16.3 Å². The van der Waals surface area contributed by atoms with Crippen molar-refractivity contribution < 1.29 is 9.53 Å². The zero-order valence-corrected chi connectivity index (χ0v) is 11.3. The van der Waals surface area contributed by atoms with Crippen molar-refractivity contribution in [1.29, 1.82) is 0 Å². The number of anilines is 1. The second-order valence-corrected chi connectivity index (χ2v) is 4.30. The van der Waals surface area contributed by atoms with Crippen molar-refractivity contribution in [2.45, 2.75) is 6.92 Å². The fraction of sp³-hybridized carbons (Fsp3) is 0.133. The molecule has 0 saturated carbocycles. The smallest absolute Gasteiger partial charge is 0.257 e. The summed E-state index contributed by atoms with van der Waals surface area (Å²) in [6.07, 6.45) is 0. The molecule has 2 aromatic rings. The Kier molecular flexibility index (Phi) is 4.42. The van der Waals surface area contributed by atoms with E-state index >= 15 is 0 Å². The molecular formula is C15H14ClNO2. The molecule has 1 N–H and O–H groups in total. The number of hydrogen-bond donors (Lipinski definition) is 1. The Morgan fingerprint density at radius 1 is 1.16 bits per heavy atom. The van der Waals surface area contributed by atoms with Gasteiger partial charge in [-0.3, -0.25) is 4.79 Å². The molecule has 0 heterocycles. The molecule has 98 valence electrons. The average molecular weight is 276 g/mol. The Labute approximate surface area is 117 Å². The van der Waals surface area contributed by atoms with Crippen molar-refractivity contribution >= 4 is 23.2 Å². The zero-order valence-electron chi connectivity index (χ0n) is 10.5. The first-order chi connectivity index (χ1) is 9.20. The highest BCUT2D eigenvalue weighted by molar-refractivity contribution is 6.34. The van der Waals surface area contributed by atoms with E-state index in [2.05, 4.69) is 5.32 Å². The number of carbonyl (C=O) groups excluding carboxylic acids is 1. The van der Waals surface area contributed by atoms with Crippen LogP contribution in [0.3, 0.4) is 0 Å². The normalized spacial score (nSPS) is 10.0. The average Bonchev–Trinajstić information content (AvgIpc) is 2.42. The summed E-state index contributed by atoms with van der Waals surface area (Å²) in [6, 6.07) is 14.1. The van der Waals surface area contributed by atoms with Gasteiger partial charge in [0.1, 0.15) is 5.75 Å². The first-order valence-electron chi connectivity index (χ1n) is 5.99. The van der Waals surface area contributed by atoms with Crippen LogP contribution in [0.5, 0.6) is 5.75 Å². The number of halogens is 1. The van der Waals surface area contributed by atoms with Crippen LogP contribution in [0.1, 0.15) is 17.3 Å². The van der Waals surface area contributed by atoms with Crippen molar-refractivity contribution in [1.82, 2.24) is 0 Å². The fourth-order valence-electron chi connectivity index (χ4n) is 1.64. The van der Waals surface area contributed by atoms with Gasteiger partial charge in [-0.2, -0.15) is 0 Å². The van der Waals surface area contributed by atoms with Gasteiger partial charge in [-0.25, -0.2) is 0 Å². The van der Waals surface area contributed by atoms with E-state index in [-0.39, 0.29) is 5.91 Å². The molecule has 0 aliphatic rings. The number of amides is 1. The lowest BCUT2D eigenvalue weighted by Gasteiger charge is -2.08. The summed E-state index contributed by atoms with van der Waals surface area (Å²) in [5, 5.41) is 3.23. The molecule has 0 fully saturated rings. The lowest BCUT2D eigenvalue weighted by molar-refractivity contribution is 0.102. The van der Waals surface area contributed by atoms with E-state index in [0.29, 0.717) is 22.9 Å². The van der Waals surface area contributed by atoms with Crippen molar-refractivity contribution in [2.24, 2.45) is 0 Å². The third kappa shape index (κ3) is 3.48. The lowest BCUT2D eigenvalue weighted by Crippen LogP contribution is -2.12. The largest absolute Gasteiger partial charge is 0.494 e. The van der Waals surface area contributed by atoms with E-state index in [1.807, 2.05) is 19.1 Å². The van der Waals surface area contributed by atoms with Gasteiger partial charge in [0.05, 0.1) is 17.2 Å². The first-order valence-corrected chi connectivity index (χ1v) is 6.37. The summed E-state index contributed by atoms with van der Waals surface area (Å²) in [5.74, 6) is 0.549. The molecule has 2 rings (SSSR count). The van der Waals surface area contributed by atoms with Gasteiger partial charge in [0.25, 0.3) is 5.91 Å². The molecule has 0 spiro atoms. The van der Waals surface area contributed by atoms with E-state index in [9.17, 15) is 4.79 Å². The van der Waals surface area contributed by atoms with E-state index in [0.717, 1.165) is 5.75 Å². The van der Waals surface area contributed by atoms with Crippen LogP contribution < -0.4 is 10.1 Å². The number of carbonyl (C=O) groups is 1. The third-order valence-electron chi connectivity index (χ3n) is 2.54. The van der Waals surface area contributed by atoms with Crippen LogP contribution in [0.25, 0.3) is 0 Å². The SMILES string of the molecule is CCOc1ccc(NC(=O)c2ccccc2Cl)cc1. The van der Waals surface area contributed by atoms with E-state index < -0.39 is 0 Å². The molecule has 4 heteroatoms. The summed E-state index contributed by atoms with van der Waals surface area (Å²) in [7, 11) is 0. The van der Waals surface area contributed by atoms with Crippen molar-refractivity contribution in [3.63, 3.8) is 0 Å². The summed E-state index contributed by atoms with van der Waals surface area (Å²) in [5.41, 5.74) is 1.16. The molecule has 2 aromatic carbocycles. The van der Waals surface area contributed by atoms with Gasteiger partial charge in [-0.05, 0) is 43.3 Å². The maximum absolute atomic E-state index is 12.0. The van der Waals surface area contributed by atoms with Crippen LogP contribution >= 0.6 is 11.6 Å². The topological polar surface area (TPSA) is 38.3 Å². The third-order valence-corrected chi connectivity index (χ3v) is 2.87. The number of rotatable bonds is 4. The van der Waals surface area contributed by atoms with Crippen molar-refractivity contribution in [3.05, 3.63) is 59.1 Å². The van der Waals surface area contributed by atoms with Crippen LogP contribution in [-0.2, 0) is 0 Å². The van der Waals surface area contributed by atoms with E-state index in [1.165, 1.54) is 0 Å². The molecule has 0 unspecified atom stereocenters. The Hall–Kier alpha value is -2.00. The van der Waals surface area contributed by atoms with Crippen LogP contribution in [0.4, 0.5) is 5.69 Å². The predicted octanol–water partition coefficient (Wildman–Crippen LogP) is 3.99. The maximum atomic E-state index is 12.0. The van der Waals surface area contributed by atoms with Gasteiger partial charge < -0.3 is 10.1 Å². The predicted molar refractivity (Wildman–Crippen MR) is 77.0 cm³/mol. The molecular weight excluding hydrogens is 262 g/mol. The highest BCUT2D eigenvalue weighted by atomic mass is 35.5. The van der Waals surface area contributed by atoms with E-state index in [1.54, 1.807) is 36.4 Å². The Bertz CT molecular complexity index is 567. The molecule has 3 nitrogen and oxygen atoms in total. The number of nitrogens with one attached hydrogen (secondary N) is 1. The lowest BCUT2D eigenvalue weighted by atomic mass is 10.2. The molecule has 0 bridgehead atoms. The highest BCUT2D eigenvalue weighted by Crippen LogP contribution is 2.19. The molecule has 0 aliphatic carbocycles. The van der Waals surface area contributed by atoms with Crippen LogP contribution in [0, 0.1) is 0 Å². The van der Waals surface area contributed by atoms with Gasteiger partial charge in [0, 0.05) is 5.69 Å². The Morgan fingerprint density at radius 2 is 1.84 bits per heavy atom. The van der Waals surface area contributed by atoms with Gasteiger partial charge >= 0.3 is 0 Å². The monoisotopic (exact) mass is 275 g/mol. The minimum absolute atomic E-state index is 0.227. The quantitative estimate of drug-likeness (QED) is 0.916. The number of ether oxygens (including phenoxy) is 1. The van der Waals surface area contributed by atoms with Crippen molar-refractivity contribution in [3.8, 4) is 5.75 Å². The van der Waals surface area contributed by atoms with Gasteiger partial charge in [0.2, 0.25) is 0 Å². The summed E-state index contributed by atoms with van der Waals surface area (Å²) in [6.45, 7) is 2.54. The molecule has 0 atom stereocenters. The highest BCUT2D eigenvalue weighted by Gasteiger charge is 2.09. The minimum Gasteiger partial charge on any atom is -0.494 e. The molecule has 0 aliphatic heterocycles. The Morgan fingerprint density at radius 3 is 2.47 bits per heavy atom. The summed E-state index contributed by atoms with van der Waals surface area (Å²) >= 11 is 5.97. The molecule has 0 radical (unpaired) electrons. The second kappa shape index (κ2) is 6.25. The molecule has 1 amide bonds. The second-order valence-electron chi connectivity index (χ2n) is 3.89. The van der Waals surface area contributed by atoms with Crippen LogP contribution in [0.15, 0.2) is 48.5 Å². The summed E-state index contributed by atoms with van der Waals surface area (Å²) < 4.78 is 5.34. The fourth-order valence-corrected chi connectivity index (χ4v) is 1.87. The van der Waals surface area contributed by atoms with Crippen LogP contribution in [0.2, 0.25) is 5.02 Å². The molecule has 0 aromatic heterocycles. The van der Waals surface area contributed by atoms with Gasteiger partial charge in [-0.15, -0.1) is 0 Å². The Balaban J connectivity index is 2.09. The van der Waals surface area contributed by atoms with Gasteiger partial charge in [-0.1, -0.05) is 23.7 Å².